The van der Waals surface area contributed by atoms with Gasteiger partial charge >= 0.3 is 0 Å². The molecule has 16 heavy (non-hydrogen) atoms. The molecule has 2 N–H and O–H groups in total. The fourth-order valence-corrected chi connectivity index (χ4v) is 1.60. The Morgan fingerprint density at radius 2 is 2.31 bits per heavy atom. The van der Waals surface area contributed by atoms with Crippen molar-refractivity contribution in [3.63, 3.8) is 0 Å². The van der Waals surface area contributed by atoms with E-state index in [1.165, 1.54) is 0 Å². The van der Waals surface area contributed by atoms with Gasteiger partial charge in [-0.05, 0) is 25.5 Å². The summed E-state index contributed by atoms with van der Waals surface area (Å²) in [4.78, 5) is 0. The Morgan fingerprint density at radius 3 is 2.94 bits per heavy atom. The normalized spacial score (nSPS) is 17.6. The molecule has 3 heteroatoms. The Bertz CT molecular complexity index is 314. The van der Waals surface area contributed by atoms with Crippen LogP contribution in [0.25, 0.3) is 0 Å². The molecule has 1 fully saturated rings. The van der Waals surface area contributed by atoms with Crippen molar-refractivity contribution >= 4 is 5.69 Å². The molecule has 1 aliphatic heterocycles. The Balaban J connectivity index is 1.95. The first kappa shape index (κ1) is 11.3. The molecule has 0 amide bonds. The second-order valence-electron chi connectivity index (χ2n) is 4.36. The molecule has 0 aliphatic carbocycles. The first-order chi connectivity index (χ1) is 7.78. The molecule has 0 aromatic heterocycles. The summed E-state index contributed by atoms with van der Waals surface area (Å²) in [7, 11) is 0. The number of nitrogens with one attached hydrogen (secondary N) is 2. The lowest BCUT2D eigenvalue weighted by Gasteiger charge is -2.29. The maximum absolute atomic E-state index is 5.78. The zero-order valence-corrected chi connectivity index (χ0v) is 9.99. The van der Waals surface area contributed by atoms with E-state index in [2.05, 4.69) is 36.6 Å². The number of ether oxygens (including phenoxy) is 1. The van der Waals surface area contributed by atoms with Gasteiger partial charge in [-0.15, -0.1) is 0 Å². The highest BCUT2D eigenvalue weighted by molar-refractivity contribution is 5.49. The molecule has 1 saturated heterocycles. The van der Waals surface area contributed by atoms with Crippen molar-refractivity contribution < 1.29 is 4.74 Å². The van der Waals surface area contributed by atoms with Crippen molar-refractivity contribution in [1.82, 2.24) is 5.32 Å². The standard InChI is InChI=1S/C13H20N2O/c1-3-10(2)16-13-6-4-5-11(7-13)15-12-8-14-9-12/h4-7,10,12,14-15H,3,8-9H2,1-2H3. The number of hydrogen-bond acceptors (Lipinski definition) is 3. The van der Waals surface area contributed by atoms with E-state index >= 15 is 0 Å². The quantitative estimate of drug-likeness (QED) is 0.798. The van der Waals surface area contributed by atoms with Gasteiger partial charge in [-0.25, -0.2) is 0 Å². The summed E-state index contributed by atoms with van der Waals surface area (Å²) < 4.78 is 5.78. The largest absolute Gasteiger partial charge is 0.491 e. The lowest BCUT2D eigenvalue weighted by molar-refractivity contribution is 0.217. The average Bonchev–Trinajstić information content (AvgIpc) is 2.24. The lowest BCUT2D eigenvalue weighted by Crippen LogP contribution is -2.51. The third kappa shape index (κ3) is 2.89. The molecule has 0 spiro atoms. The highest BCUT2D eigenvalue weighted by atomic mass is 16.5. The van der Waals surface area contributed by atoms with Crippen molar-refractivity contribution in [2.45, 2.75) is 32.4 Å². The van der Waals surface area contributed by atoms with E-state index in [1.807, 2.05) is 12.1 Å². The molecule has 1 aromatic carbocycles. The Hall–Kier alpha value is -1.22. The predicted octanol–water partition coefficient (Wildman–Crippen LogP) is 2.25. The second kappa shape index (κ2) is 5.21. The van der Waals surface area contributed by atoms with E-state index in [4.69, 9.17) is 4.74 Å². The van der Waals surface area contributed by atoms with Crippen molar-refractivity contribution in [3.8, 4) is 5.75 Å². The van der Waals surface area contributed by atoms with Crippen molar-refractivity contribution in [2.24, 2.45) is 0 Å². The van der Waals surface area contributed by atoms with E-state index in [0.717, 1.165) is 30.9 Å². The number of benzene rings is 1. The zero-order chi connectivity index (χ0) is 11.4. The summed E-state index contributed by atoms with van der Waals surface area (Å²) in [5.74, 6) is 0.951. The minimum Gasteiger partial charge on any atom is -0.491 e. The monoisotopic (exact) mass is 220 g/mol. The molecule has 2 rings (SSSR count). The fraction of sp³-hybridized carbons (Fsp3) is 0.538. The van der Waals surface area contributed by atoms with E-state index in [-0.39, 0.29) is 6.10 Å². The van der Waals surface area contributed by atoms with Gasteiger partial charge in [-0.1, -0.05) is 13.0 Å². The van der Waals surface area contributed by atoms with Crippen LogP contribution < -0.4 is 15.4 Å². The van der Waals surface area contributed by atoms with Crippen LogP contribution in [0.3, 0.4) is 0 Å². The van der Waals surface area contributed by atoms with E-state index in [9.17, 15) is 0 Å². The van der Waals surface area contributed by atoms with Crippen LogP contribution in [0.5, 0.6) is 5.75 Å². The van der Waals surface area contributed by atoms with Gasteiger partial charge in [0.25, 0.3) is 0 Å². The van der Waals surface area contributed by atoms with Gasteiger partial charge < -0.3 is 15.4 Å². The summed E-state index contributed by atoms with van der Waals surface area (Å²) in [6.07, 6.45) is 1.31. The molecular formula is C13H20N2O. The zero-order valence-electron chi connectivity index (χ0n) is 9.99. The highest BCUT2D eigenvalue weighted by Crippen LogP contribution is 2.20. The Morgan fingerprint density at radius 1 is 1.50 bits per heavy atom. The van der Waals surface area contributed by atoms with Crippen LogP contribution >= 0.6 is 0 Å². The predicted molar refractivity (Wildman–Crippen MR) is 67.1 cm³/mol. The van der Waals surface area contributed by atoms with Gasteiger partial charge in [0.2, 0.25) is 0 Å². The van der Waals surface area contributed by atoms with Crippen LogP contribution in [0.15, 0.2) is 24.3 Å². The molecule has 1 atom stereocenters. The molecule has 88 valence electrons. The first-order valence-electron chi connectivity index (χ1n) is 6.02. The average molecular weight is 220 g/mol. The number of rotatable bonds is 5. The van der Waals surface area contributed by atoms with Crippen molar-refractivity contribution in [2.75, 3.05) is 18.4 Å². The van der Waals surface area contributed by atoms with Gasteiger partial charge in [0.1, 0.15) is 5.75 Å². The topological polar surface area (TPSA) is 33.3 Å². The summed E-state index contributed by atoms with van der Waals surface area (Å²) in [6, 6.07) is 8.77. The van der Waals surface area contributed by atoms with Gasteiger partial charge in [-0.2, -0.15) is 0 Å². The number of hydrogen-bond donors (Lipinski definition) is 2. The van der Waals surface area contributed by atoms with Gasteiger partial charge in [0, 0.05) is 24.8 Å². The van der Waals surface area contributed by atoms with E-state index in [0.29, 0.717) is 6.04 Å². The molecule has 0 radical (unpaired) electrons. The van der Waals surface area contributed by atoms with Crippen LogP contribution in [0.1, 0.15) is 20.3 Å². The maximum Gasteiger partial charge on any atom is 0.121 e. The van der Waals surface area contributed by atoms with Crippen molar-refractivity contribution in [1.29, 1.82) is 0 Å². The van der Waals surface area contributed by atoms with Crippen LogP contribution in [0.2, 0.25) is 0 Å². The smallest absolute Gasteiger partial charge is 0.121 e. The minimum atomic E-state index is 0.278. The highest BCUT2D eigenvalue weighted by Gasteiger charge is 2.15. The maximum atomic E-state index is 5.78. The first-order valence-corrected chi connectivity index (χ1v) is 6.02. The van der Waals surface area contributed by atoms with Gasteiger partial charge in [-0.3, -0.25) is 0 Å². The van der Waals surface area contributed by atoms with Crippen LogP contribution in [-0.4, -0.2) is 25.2 Å². The Labute approximate surface area is 97.2 Å². The lowest BCUT2D eigenvalue weighted by atomic mass is 10.1. The SMILES string of the molecule is CCC(C)Oc1cccc(NC2CNC2)c1. The molecule has 1 heterocycles. The third-order valence-corrected chi connectivity index (χ3v) is 2.90. The van der Waals surface area contributed by atoms with E-state index < -0.39 is 0 Å². The van der Waals surface area contributed by atoms with Crippen LogP contribution in [0.4, 0.5) is 5.69 Å². The molecule has 1 aromatic rings. The van der Waals surface area contributed by atoms with Gasteiger partial charge in [0.15, 0.2) is 0 Å². The third-order valence-electron chi connectivity index (χ3n) is 2.90. The number of anilines is 1. The van der Waals surface area contributed by atoms with Gasteiger partial charge in [0.05, 0.1) is 12.1 Å². The summed E-state index contributed by atoms with van der Waals surface area (Å²) in [6.45, 7) is 6.33. The Kier molecular flexibility index (Phi) is 3.67. The van der Waals surface area contributed by atoms with Crippen molar-refractivity contribution in [3.05, 3.63) is 24.3 Å². The fourth-order valence-electron chi connectivity index (χ4n) is 1.60. The summed E-state index contributed by atoms with van der Waals surface area (Å²) in [5.41, 5.74) is 1.15. The summed E-state index contributed by atoms with van der Waals surface area (Å²) in [5, 5.41) is 6.71. The molecule has 0 saturated carbocycles. The van der Waals surface area contributed by atoms with Crippen LogP contribution in [-0.2, 0) is 0 Å². The molecule has 3 nitrogen and oxygen atoms in total. The minimum absolute atomic E-state index is 0.278. The molecular weight excluding hydrogens is 200 g/mol. The molecule has 1 unspecified atom stereocenters. The van der Waals surface area contributed by atoms with E-state index in [1.54, 1.807) is 0 Å². The second-order valence-corrected chi connectivity index (χ2v) is 4.36. The molecule has 0 bridgehead atoms. The summed E-state index contributed by atoms with van der Waals surface area (Å²) >= 11 is 0. The van der Waals surface area contributed by atoms with Crippen LogP contribution in [0, 0.1) is 0 Å². The molecule has 1 aliphatic rings.